The van der Waals surface area contributed by atoms with Crippen molar-refractivity contribution in [1.29, 1.82) is 0 Å². The highest BCUT2D eigenvalue weighted by molar-refractivity contribution is 6.30. The van der Waals surface area contributed by atoms with Crippen molar-refractivity contribution in [1.82, 2.24) is 15.1 Å². The van der Waals surface area contributed by atoms with Crippen LogP contribution < -0.4 is 5.32 Å². The molecule has 2 heterocycles. The highest BCUT2D eigenvalue weighted by atomic mass is 35.5. The van der Waals surface area contributed by atoms with E-state index >= 15 is 0 Å². The summed E-state index contributed by atoms with van der Waals surface area (Å²) in [6, 6.07) is 13.4. The molecule has 6 heteroatoms. The number of aromatic hydroxyl groups is 1. The van der Waals surface area contributed by atoms with Crippen molar-refractivity contribution in [2.75, 3.05) is 25.5 Å². The Morgan fingerprint density at radius 1 is 1.15 bits per heavy atom. The minimum atomic E-state index is 0.103. The number of hydrogen-bond acceptors (Lipinski definition) is 5. The number of piperidine rings is 1. The van der Waals surface area contributed by atoms with E-state index in [9.17, 15) is 5.11 Å². The van der Waals surface area contributed by atoms with Gasteiger partial charge < -0.3 is 15.3 Å². The summed E-state index contributed by atoms with van der Waals surface area (Å²) in [5.41, 5.74) is 1.28. The van der Waals surface area contributed by atoms with Gasteiger partial charge in [0.25, 0.3) is 0 Å². The van der Waals surface area contributed by atoms with E-state index in [0.29, 0.717) is 22.3 Å². The summed E-state index contributed by atoms with van der Waals surface area (Å²) < 4.78 is 0. The van der Waals surface area contributed by atoms with Gasteiger partial charge in [0, 0.05) is 33.9 Å². The molecule has 0 radical (unpaired) electrons. The molecule has 2 N–H and O–H groups in total. The van der Waals surface area contributed by atoms with Gasteiger partial charge in [-0.15, -0.1) is 10.2 Å². The Bertz CT molecular complexity index is 946. The molecular formula is C20H21ClN4O. The topological polar surface area (TPSA) is 61.3 Å². The van der Waals surface area contributed by atoms with Gasteiger partial charge in [0.1, 0.15) is 11.4 Å². The van der Waals surface area contributed by atoms with E-state index in [-0.39, 0.29) is 5.75 Å². The average Bonchev–Trinajstić information content (AvgIpc) is 2.63. The second kappa shape index (κ2) is 7.09. The number of benzene rings is 2. The van der Waals surface area contributed by atoms with Crippen LogP contribution in [0.25, 0.3) is 22.0 Å². The number of nitrogens with one attached hydrogen (secondary N) is 1. The van der Waals surface area contributed by atoms with E-state index < -0.39 is 0 Å². The van der Waals surface area contributed by atoms with Gasteiger partial charge in [0.05, 0.1) is 0 Å². The van der Waals surface area contributed by atoms with Crippen LogP contribution in [0, 0.1) is 0 Å². The number of hydrogen-bond donors (Lipinski definition) is 2. The maximum atomic E-state index is 10.3. The largest absolute Gasteiger partial charge is 0.507 e. The van der Waals surface area contributed by atoms with Crippen molar-refractivity contribution in [2.24, 2.45) is 0 Å². The molecule has 0 amide bonds. The third-order valence-corrected chi connectivity index (χ3v) is 5.10. The number of nitrogens with zero attached hydrogens (tertiary/aromatic N) is 3. The second-order valence-corrected chi connectivity index (χ2v) is 7.29. The van der Waals surface area contributed by atoms with Gasteiger partial charge >= 0.3 is 0 Å². The first kappa shape index (κ1) is 17.1. The van der Waals surface area contributed by atoms with Gasteiger partial charge in [-0.2, -0.15) is 0 Å². The Morgan fingerprint density at radius 2 is 1.96 bits per heavy atom. The molecule has 0 aliphatic carbocycles. The van der Waals surface area contributed by atoms with Crippen molar-refractivity contribution in [3.63, 3.8) is 0 Å². The van der Waals surface area contributed by atoms with E-state index in [1.165, 1.54) is 12.5 Å². The molecule has 3 aromatic rings. The van der Waals surface area contributed by atoms with E-state index in [4.69, 9.17) is 11.6 Å². The molecule has 1 saturated heterocycles. The number of anilines is 1. The van der Waals surface area contributed by atoms with Crippen molar-refractivity contribution >= 4 is 28.2 Å². The maximum Gasteiger partial charge on any atom is 0.156 e. The van der Waals surface area contributed by atoms with Gasteiger partial charge in [-0.1, -0.05) is 35.9 Å². The van der Waals surface area contributed by atoms with E-state index in [1.54, 1.807) is 12.1 Å². The lowest BCUT2D eigenvalue weighted by molar-refractivity contribution is 0.261. The van der Waals surface area contributed by atoms with Crippen LogP contribution in [0.15, 0.2) is 42.5 Å². The number of likely N-dealkylation sites (tertiary alicyclic amines) is 1. The zero-order valence-corrected chi connectivity index (χ0v) is 15.4. The summed E-state index contributed by atoms with van der Waals surface area (Å²) in [6.07, 6.45) is 2.30. The van der Waals surface area contributed by atoms with Crippen molar-refractivity contribution in [3.05, 3.63) is 47.5 Å². The molecule has 1 aromatic heterocycles. The van der Waals surface area contributed by atoms with Crippen molar-refractivity contribution in [3.8, 4) is 17.0 Å². The molecule has 4 rings (SSSR count). The highest BCUT2D eigenvalue weighted by Gasteiger charge is 2.20. The Balaban J connectivity index is 1.76. The second-order valence-electron chi connectivity index (χ2n) is 6.85. The van der Waals surface area contributed by atoms with Crippen LogP contribution in [0.3, 0.4) is 0 Å². The Labute approximate surface area is 157 Å². The molecule has 1 aliphatic rings. The predicted octanol–water partition coefficient (Wildman–Crippen LogP) is 4.16. The van der Waals surface area contributed by atoms with Crippen LogP contribution in [0.2, 0.25) is 5.02 Å². The van der Waals surface area contributed by atoms with E-state index in [2.05, 4.69) is 27.5 Å². The molecule has 1 fully saturated rings. The highest BCUT2D eigenvalue weighted by Crippen LogP contribution is 2.36. The minimum Gasteiger partial charge on any atom is -0.507 e. The molecule has 1 atom stereocenters. The zero-order valence-electron chi connectivity index (χ0n) is 14.6. The molecule has 1 aliphatic heterocycles. The summed E-state index contributed by atoms with van der Waals surface area (Å²) in [4.78, 5) is 2.33. The Morgan fingerprint density at radius 3 is 2.73 bits per heavy atom. The lowest BCUT2D eigenvalue weighted by Gasteiger charge is -2.30. The summed E-state index contributed by atoms with van der Waals surface area (Å²) in [7, 11) is 2.14. The van der Waals surface area contributed by atoms with Gasteiger partial charge in [-0.3, -0.25) is 0 Å². The standard InChI is InChI=1S/C20H21ClN4O/c1-25-10-4-5-14(12-25)22-20-16-7-3-2-6-15(16)19(23-24-20)17-9-8-13(21)11-18(17)26/h2-3,6-9,11,14,26H,4-5,10,12H2,1H3,(H,22,24)/t14-/m1/s1. The fourth-order valence-corrected chi connectivity index (χ4v) is 3.76. The summed E-state index contributed by atoms with van der Waals surface area (Å²) in [6.45, 7) is 2.13. The van der Waals surface area contributed by atoms with Crippen LogP contribution in [0.5, 0.6) is 5.75 Å². The predicted molar refractivity (Wildman–Crippen MR) is 106 cm³/mol. The minimum absolute atomic E-state index is 0.103. The normalized spacial score (nSPS) is 18.2. The lowest BCUT2D eigenvalue weighted by atomic mass is 10.0. The molecule has 5 nitrogen and oxygen atoms in total. The van der Waals surface area contributed by atoms with Crippen molar-refractivity contribution < 1.29 is 5.11 Å². The number of fused-ring (bicyclic) bond motifs is 1. The monoisotopic (exact) mass is 368 g/mol. The molecular weight excluding hydrogens is 348 g/mol. The SMILES string of the molecule is CN1CCC[C@@H](Nc2nnc(-c3ccc(Cl)cc3O)c3ccccc23)C1. The quantitative estimate of drug-likeness (QED) is 0.726. The first-order valence-corrected chi connectivity index (χ1v) is 9.19. The lowest BCUT2D eigenvalue weighted by Crippen LogP contribution is -2.40. The average molecular weight is 369 g/mol. The maximum absolute atomic E-state index is 10.3. The zero-order chi connectivity index (χ0) is 18.1. The summed E-state index contributed by atoms with van der Waals surface area (Å²) in [5.74, 6) is 0.893. The first-order chi connectivity index (χ1) is 12.6. The number of likely N-dealkylation sites (N-methyl/N-ethyl adjacent to an activating group) is 1. The summed E-state index contributed by atoms with van der Waals surface area (Å²) >= 11 is 5.96. The van der Waals surface area contributed by atoms with Crippen LogP contribution in [0.4, 0.5) is 5.82 Å². The van der Waals surface area contributed by atoms with Gasteiger partial charge in [-0.25, -0.2) is 0 Å². The van der Waals surface area contributed by atoms with E-state index in [0.717, 1.165) is 36.1 Å². The van der Waals surface area contributed by atoms with Crippen LogP contribution >= 0.6 is 11.6 Å². The Hall–Kier alpha value is -2.37. The fraction of sp³-hybridized carbons (Fsp3) is 0.300. The van der Waals surface area contributed by atoms with Gasteiger partial charge in [0.2, 0.25) is 0 Å². The van der Waals surface area contributed by atoms with E-state index in [1.807, 2.05) is 24.3 Å². The van der Waals surface area contributed by atoms with Crippen LogP contribution in [0.1, 0.15) is 12.8 Å². The molecule has 0 saturated carbocycles. The molecule has 26 heavy (non-hydrogen) atoms. The third-order valence-electron chi connectivity index (χ3n) is 4.87. The molecule has 134 valence electrons. The number of phenols is 1. The molecule has 0 bridgehead atoms. The van der Waals surface area contributed by atoms with Crippen LogP contribution in [-0.4, -0.2) is 46.4 Å². The van der Waals surface area contributed by atoms with Crippen LogP contribution in [-0.2, 0) is 0 Å². The molecule has 0 unspecified atom stereocenters. The number of phenolic OH excluding ortho intramolecular Hbond substituents is 1. The Kier molecular flexibility index (Phi) is 4.66. The number of aromatic nitrogens is 2. The molecule has 2 aromatic carbocycles. The smallest absolute Gasteiger partial charge is 0.156 e. The third kappa shape index (κ3) is 3.32. The van der Waals surface area contributed by atoms with Gasteiger partial charge in [-0.05, 0) is 44.6 Å². The molecule has 0 spiro atoms. The summed E-state index contributed by atoms with van der Waals surface area (Å²) in [5, 5.41) is 25.2. The van der Waals surface area contributed by atoms with Crippen molar-refractivity contribution in [2.45, 2.75) is 18.9 Å². The first-order valence-electron chi connectivity index (χ1n) is 8.81. The van der Waals surface area contributed by atoms with Gasteiger partial charge in [0.15, 0.2) is 5.82 Å². The number of rotatable bonds is 3. The fourth-order valence-electron chi connectivity index (χ4n) is 3.59. The number of halogens is 1.